The van der Waals surface area contributed by atoms with Crippen molar-refractivity contribution in [2.75, 3.05) is 45.4 Å². The monoisotopic (exact) mass is 481 g/mol. The van der Waals surface area contributed by atoms with E-state index in [1.807, 2.05) is 43.3 Å². The van der Waals surface area contributed by atoms with Crippen molar-refractivity contribution in [1.82, 2.24) is 4.90 Å². The van der Waals surface area contributed by atoms with Crippen LogP contribution in [-0.4, -0.2) is 51.3 Å². The number of benzene rings is 2. The van der Waals surface area contributed by atoms with Gasteiger partial charge in [-0.2, -0.15) is 5.26 Å². The van der Waals surface area contributed by atoms with Gasteiger partial charge < -0.3 is 23.8 Å². The Morgan fingerprint density at radius 2 is 1.79 bits per heavy atom. The fraction of sp³-hybridized carbons (Fsp3) is 0.360. The predicted molar refractivity (Wildman–Crippen MR) is 130 cm³/mol. The number of ether oxygens (including phenoxy) is 4. The van der Waals surface area contributed by atoms with Crippen molar-refractivity contribution in [2.24, 2.45) is 0 Å². The van der Waals surface area contributed by atoms with Gasteiger partial charge in [0.25, 0.3) is 0 Å². The number of carbonyl (C=O) groups is 1. The minimum atomic E-state index is -0.396. The molecule has 2 aromatic rings. The molecule has 0 N–H and O–H groups in total. The quantitative estimate of drug-likeness (QED) is 0.578. The average molecular weight is 482 g/mol. The molecule has 1 atom stereocenters. The number of fused-ring (bicyclic) bond motifs is 1. The number of rotatable bonds is 7. The lowest BCUT2D eigenvalue weighted by atomic mass is 9.86. The zero-order valence-corrected chi connectivity index (χ0v) is 20.5. The van der Waals surface area contributed by atoms with Crippen LogP contribution >= 0.6 is 11.8 Å². The number of para-hydroxylation sites is 2. The Hall–Kier alpha value is -3.51. The van der Waals surface area contributed by atoms with Gasteiger partial charge in [-0.05, 0) is 36.8 Å². The highest BCUT2D eigenvalue weighted by molar-refractivity contribution is 8.03. The van der Waals surface area contributed by atoms with E-state index < -0.39 is 5.92 Å². The Morgan fingerprint density at radius 3 is 2.41 bits per heavy atom. The van der Waals surface area contributed by atoms with Gasteiger partial charge in [0.2, 0.25) is 11.7 Å². The van der Waals surface area contributed by atoms with E-state index >= 15 is 0 Å². The molecule has 0 radical (unpaired) electrons. The maximum Gasteiger partial charge on any atom is 0.229 e. The summed E-state index contributed by atoms with van der Waals surface area (Å²) in [6.45, 7) is 2.86. The first kappa shape index (κ1) is 23.6. The normalized spacial score (nSPS) is 17.7. The number of amides is 1. The summed E-state index contributed by atoms with van der Waals surface area (Å²) in [5, 5.41) is 10.8. The highest BCUT2D eigenvalue weighted by Crippen LogP contribution is 2.47. The maximum absolute atomic E-state index is 13.3. The van der Waals surface area contributed by atoms with Gasteiger partial charge in [0.15, 0.2) is 11.5 Å². The lowest BCUT2D eigenvalue weighted by Crippen LogP contribution is -2.47. The molecular weight excluding hydrogens is 454 g/mol. The standard InChI is InChI=1S/C25H27N3O5S/c1-5-33-20-9-7-6-8-19(20)27-14-28-23(29)12-17(18(13-26)25(28)34-15-27)16-10-21(30-2)24(32-4)22(11-16)31-3/h6-11,17H,5,12,14-15H2,1-4H3. The van der Waals surface area contributed by atoms with E-state index in [0.717, 1.165) is 17.0 Å². The third-order valence-corrected chi connectivity index (χ3v) is 7.04. The van der Waals surface area contributed by atoms with Crippen LogP contribution in [-0.2, 0) is 4.79 Å². The largest absolute Gasteiger partial charge is 0.493 e. The average Bonchev–Trinajstić information content (AvgIpc) is 2.88. The van der Waals surface area contributed by atoms with Crippen LogP contribution in [0.2, 0.25) is 0 Å². The number of hydrogen-bond acceptors (Lipinski definition) is 8. The lowest BCUT2D eigenvalue weighted by molar-refractivity contribution is -0.129. The molecule has 1 unspecified atom stereocenters. The van der Waals surface area contributed by atoms with Crippen LogP contribution in [0.25, 0.3) is 0 Å². The molecule has 2 aliphatic rings. The zero-order valence-electron chi connectivity index (χ0n) is 19.7. The van der Waals surface area contributed by atoms with Crippen LogP contribution in [0.3, 0.4) is 0 Å². The Bertz CT molecular complexity index is 1130. The van der Waals surface area contributed by atoms with Crippen molar-refractivity contribution in [2.45, 2.75) is 19.3 Å². The molecule has 0 bridgehead atoms. The molecule has 9 heteroatoms. The molecule has 1 saturated heterocycles. The molecule has 178 valence electrons. The number of thioether (sulfide) groups is 1. The third kappa shape index (κ3) is 4.21. The molecule has 1 amide bonds. The number of nitriles is 1. The van der Waals surface area contributed by atoms with E-state index in [2.05, 4.69) is 11.0 Å². The molecule has 2 aliphatic heterocycles. The second kappa shape index (κ2) is 10.2. The number of nitrogens with zero attached hydrogens (tertiary/aromatic N) is 3. The van der Waals surface area contributed by atoms with E-state index in [1.54, 1.807) is 26.2 Å². The highest BCUT2D eigenvalue weighted by Gasteiger charge is 2.39. The molecular formula is C25H27N3O5S. The second-order valence-electron chi connectivity index (χ2n) is 7.72. The van der Waals surface area contributed by atoms with Crippen LogP contribution in [0.5, 0.6) is 23.0 Å². The number of hydrogen-bond donors (Lipinski definition) is 0. The minimum absolute atomic E-state index is 0.0427. The van der Waals surface area contributed by atoms with Gasteiger partial charge in [-0.15, -0.1) is 0 Å². The summed E-state index contributed by atoms with van der Waals surface area (Å²) in [6, 6.07) is 13.8. The number of carbonyl (C=O) groups excluding carboxylic acids is 1. The Balaban J connectivity index is 1.70. The first-order valence-electron chi connectivity index (χ1n) is 10.9. The molecule has 2 heterocycles. The van der Waals surface area contributed by atoms with E-state index in [0.29, 0.717) is 47.0 Å². The number of allylic oxidation sites excluding steroid dienone is 1. The Morgan fingerprint density at radius 1 is 1.09 bits per heavy atom. The second-order valence-corrected chi connectivity index (χ2v) is 8.66. The smallest absolute Gasteiger partial charge is 0.229 e. The Labute approximate surface area is 203 Å². The van der Waals surface area contributed by atoms with Gasteiger partial charge in [-0.25, -0.2) is 0 Å². The molecule has 0 spiro atoms. The summed E-state index contributed by atoms with van der Waals surface area (Å²) >= 11 is 1.48. The summed E-state index contributed by atoms with van der Waals surface area (Å²) in [5.41, 5.74) is 2.27. The SMILES string of the molecule is CCOc1ccccc1N1CSC2=C(C#N)C(c3cc(OC)c(OC)c(OC)c3)CC(=O)N2C1. The third-order valence-electron chi connectivity index (χ3n) is 5.89. The van der Waals surface area contributed by atoms with Crippen molar-refractivity contribution >= 4 is 23.4 Å². The number of anilines is 1. The van der Waals surface area contributed by atoms with Crippen molar-refractivity contribution in [1.29, 1.82) is 5.26 Å². The van der Waals surface area contributed by atoms with Crippen LogP contribution < -0.4 is 23.8 Å². The summed E-state index contributed by atoms with van der Waals surface area (Å²) in [4.78, 5) is 17.1. The van der Waals surface area contributed by atoms with Gasteiger partial charge in [0, 0.05) is 12.3 Å². The molecule has 8 nitrogen and oxygen atoms in total. The van der Waals surface area contributed by atoms with Gasteiger partial charge in [-0.3, -0.25) is 9.69 Å². The summed E-state index contributed by atoms with van der Waals surface area (Å²) in [7, 11) is 4.63. The van der Waals surface area contributed by atoms with Crippen molar-refractivity contribution in [3.05, 3.63) is 52.6 Å². The lowest BCUT2D eigenvalue weighted by Gasteiger charge is -2.42. The van der Waals surface area contributed by atoms with E-state index in [1.165, 1.54) is 11.8 Å². The molecule has 0 aromatic heterocycles. The molecule has 2 aromatic carbocycles. The van der Waals surface area contributed by atoms with Crippen molar-refractivity contribution in [3.63, 3.8) is 0 Å². The maximum atomic E-state index is 13.3. The highest BCUT2D eigenvalue weighted by atomic mass is 32.2. The first-order valence-corrected chi connectivity index (χ1v) is 11.9. The molecule has 1 fully saturated rings. The van der Waals surface area contributed by atoms with Crippen LogP contribution in [0, 0.1) is 11.3 Å². The van der Waals surface area contributed by atoms with E-state index in [-0.39, 0.29) is 12.3 Å². The van der Waals surface area contributed by atoms with Gasteiger partial charge >= 0.3 is 0 Å². The summed E-state index contributed by atoms with van der Waals surface area (Å²) < 4.78 is 22.2. The van der Waals surface area contributed by atoms with Crippen molar-refractivity contribution < 1.29 is 23.7 Å². The van der Waals surface area contributed by atoms with Gasteiger partial charge in [0.1, 0.15) is 5.75 Å². The van der Waals surface area contributed by atoms with Crippen LogP contribution in [0.15, 0.2) is 47.0 Å². The fourth-order valence-corrected chi connectivity index (χ4v) is 5.46. The minimum Gasteiger partial charge on any atom is -0.493 e. The molecule has 0 saturated carbocycles. The summed E-state index contributed by atoms with van der Waals surface area (Å²) in [5.74, 6) is 2.38. The van der Waals surface area contributed by atoms with Crippen LogP contribution in [0.4, 0.5) is 5.69 Å². The van der Waals surface area contributed by atoms with Gasteiger partial charge in [-0.1, -0.05) is 23.9 Å². The van der Waals surface area contributed by atoms with E-state index in [4.69, 9.17) is 18.9 Å². The Kier molecular flexibility index (Phi) is 7.08. The van der Waals surface area contributed by atoms with E-state index in [9.17, 15) is 10.1 Å². The molecule has 34 heavy (non-hydrogen) atoms. The van der Waals surface area contributed by atoms with Crippen molar-refractivity contribution in [3.8, 4) is 29.1 Å². The van der Waals surface area contributed by atoms with Crippen LogP contribution in [0.1, 0.15) is 24.8 Å². The topological polar surface area (TPSA) is 84.3 Å². The molecule has 0 aliphatic carbocycles. The predicted octanol–water partition coefficient (Wildman–Crippen LogP) is 4.33. The van der Waals surface area contributed by atoms with Gasteiger partial charge in [0.05, 0.1) is 62.8 Å². The zero-order chi connectivity index (χ0) is 24.2. The fourth-order valence-electron chi connectivity index (χ4n) is 4.30. The molecule has 4 rings (SSSR count). The first-order chi connectivity index (χ1) is 16.6. The number of methoxy groups -OCH3 is 3. The summed E-state index contributed by atoms with van der Waals surface area (Å²) in [6.07, 6.45) is 0.173.